The van der Waals surface area contributed by atoms with Gasteiger partial charge >= 0.3 is 5.97 Å². The maximum absolute atomic E-state index is 10.3. The first-order valence-corrected chi connectivity index (χ1v) is 3.86. The average molecular weight is 191 g/mol. The molecule has 0 aromatic rings. The van der Waals surface area contributed by atoms with Crippen LogP contribution in [0.1, 0.15) is 19.8 Å². The maximum atomic E-state index is 10.3. The Bertz CT molecular complexity index is 161. The molecule has 0 saturated carbocycles. The molecule has 0 aliphatic rings. The summed E-state index contributed by atoms with van der Waals surface area (Å²) < 4.78 is 4.64. The summed E-state index contributed by atoms with van der Waals surface area (Å²) in [7, 11) is 0. The van der Waals surface area contributed by atoms with Crippen molar-refractivity contribution < 1.29 is 24.4 Å². The molecule has 76 valence electrons. The first kappa shape index (κ1) is 11.9. The lowest BCUT2D eigenvalue weighted by Gasteiger charge is -2.07. The molecular weight excluding hydrogens is 178 g/mol. The van der Waals surface area contributed by atoms with Crippen molar-refractivity contribution in [2.45, 2.75) is 19.8 Å². The summed E-state index contributed by atoms with van der Waals surface area (Å²) in [6.07, 6.45) is 1.37. The maximum Gasteiger partial charge on any atom is 0.302 e. The highest BCUT2D eigenvalue weighted by Gasteiger charge is 1.96. The van der Waals surface area contributed by atoms with Gasteiger partial charge in [0.2, 0.25) is 0 Å². The molecule has 1 N–H and O–H groups in total. The number of hydroxylamine groups is 2. The van der Waals surface area contributed by atoms with Gasteiger partial charge in [0.1, 0.15) is 0 Å². The fourth-order valence-electron chi connectivity index (χ4n) is 0.609. The van der Waals surface area contributed by atoms with Crippen molar-refractivity contribution >= 4 is 12.4 Å². The van der Waals surface area contributed by atoms with Crippen molar-refractivity contribution in [2.24, 2.45) is 0 Å². The number of carbonyl (C=O) groups is 2. The third kappa shape index (κ3) is 8.77. The Balaban J connectivity index is 3.08. The van der Waals surface area contributed by atoms with Crippen molar-refractivity contribution in [1.29, 1.82) is 0 Å². The summed E-state index contributed by atoms with van der Waals surface area (Å²) in [5.41, 5.74) is 0. The molecule has 0 rings (SSSR count). The van der Waals surface area contributed by atoms with Crippen LogP contribution < -0.4 is 0 Å². The molecule has 6 heteroatoms. The third-order valence-corrected chi connectivity index (χ3v) is 1.16. The monoisotopic (exact) mass is 191 g/mol. The topological polar surface area (TPSA) is 76.1 Å². The van der Waals surface area contributed by atoms with Crippen LogP contribution in [-0.2, 0) is 19.2 Å². The van der Waals surface area contributed by atoms with E-state index in [4.69, 9.17) is 5.21 Å². The Morgan fingerprint density at radius 3 is 2.62 bits per heavy atom. The molecule has 0 fully saturated rings. The van der Waals surface area contributed by atoms with E-state index in [1.165, 1.54) is 6.92 Å². The molecule has 0 spiro atoms. The molecule has 0 aliphatic carbocycles. The summed E-state index contributed by atoms with van der Waals surface area (Å²) >= 11 is 0. The van der Waals surface area contributed by atoms with Crippen LogP contribution in [0.3, 0.4) is 0 Å². The Morgan fingerprint density at radius 2 is 2.08 bits per heavy atom. The first-order valence-electron chi connectivity index (χ1n) is 3.86. The smallest absolute Gasteiger partial charge is 0.302 e. The van der Waals surface area contributed by atoms with Gasteiger partial charge in [0.25, 0.3) is 6.41 Å². The van der Waals surface area contributed by atoms with Crippen LogP contribution >= 0.6 is 0 Å². The lowest BCUT2D eigenvalue weighted by molar-refractivity contribution is -0.305. The van der Waals surface area contributed by atoms with E-state index in [0.717, 1.165) is 0 Å². The van der Waals surface area contributed by atoms with Gasteiger partial charge in [0.15, 0.2) is 0 Å². The van der Waals surface area contributed by atoms with Gasteiger partial charge in [0.05, 0.1) is 13.2 Å². The Kier molecular flexibility index (Phi) is 6.85. The second-order valence-corrected chi connectivity index (χ2v) is 2.29. The van der Waals surface area contributed by atoms with E-state index in [9.17, 15) is 9.59 Å². The highest BCUT2D eigenvalue weighted by atomic mass is 16.9. The third-order valence-electron chi connectivity index (χ3n) is 1.16. The van der Waals surface area contributed by atoms with E-state index in [1.807, 2.05) is 0 Å². The molecule has 1 amide bonds. The number of carbonyl (C=O) groups excluding carboxylic acids is 2. The predicted molar refractivity (Wildman–Crippen MR) is 41.5 cm³/mol. The molecule has 0 bridgehead atoms. The number of ether oxygens (including phenoxy) is 1. The van der Waals surface area contributed by atoms with E-state index in [0.29, 0.717) is 19.4 Å². The van der Waals surface area contributed by atoms with Gasteiger partial charge in [-0.05, 0) is 12.8 Å². The quantitative estimate of drug-likeness (QED) is 0.203. The van der Waals surface area contributed by atoms with Gasteiger partial charge in [0, 0.05) is 6.92 Å². The van der Waals surface area contributed by atoms with Crippen LogP contribution in [0.2, 0.25) is 0 Å². The minimum Gasteiger partial charge on any atom is -0.466 e. The standard InChI is InChI=1S/C7H13NO5/c1-7(10)12-4-2-3-5-13-8(11)6-9/h6,11H,2-5H2,1H3. The lowest BCUT2D eigenvalue weighted by Crippen LogP contribution is -2.18. The van der Waals surface area contributed by atoms with Crippen LogP contribution in [0.15, 0.2) is 0 Å². The number of hydrogen-bond acceptors (Lipinski definition) is 5. The van der Waals surface area contributed by atoms with Gasteiger partial charge < -0.3 is 4.74 Å². The molecule has 0 aromatic heterocycles. The van der Waals surface area contributed by atoms with Crippen LogP contribution in [0.25, 0.3) is 0 Å². The van der Waals surface area contributed by atoms with E-state index < -0.39 is 0 Å². The average Bonchev–Trinajstić information content (AvgIpc) is 2.10. The van der Waals surface area contributed by atoms with Gasteiger partial charge in [-0.1, -0.05) is 5.23 Å². The zero-order valence-electron chi connectivity index (χ0n) is 7.43. The summed E-state index contributed by atoms with van der Waals surface area (Å²) in [4.78, 5) is 24.6. The summed E-state index contributed by atoms with van der Waals surface area (Å²) in [5, 5.41) is 8.56. The van der Waals surface area contributed by atoms with Crippen molar-refractivity contribution in [3.05, 3.63) is 0 Å². The number of esters is 1. The summed E-state index contributed by atoms with van der Waals surface area (Å²) in [5.74, 6) is -0.322. The van der Waals surface area contributed by atoms with Gasteiger partial charge in [-0.25, -0.2) is 4.84 Å². The lowest BCUT2D eigenvalue weighted by atomic mass is 10.3. The molecule has 0 aliphatic heterocycles. The van der Waals surface area contributed by atoms with E-state index in [1.54, 1.807) is 0 Å². The van der Waals surface area contributed by atoms with Crippen molar-refractivity contribution in [1.82, 2.24) is 5.23 Å². The minimum absolute atomic E-state index is 0.103. The minimum atomic E-state index is -0.322. The van der Waals surface area contributed by atoms with Crippen LogP contribution in [0.5, 0.6) is 0 Å². The van der Waals surface area contributed by atoms with Gasteiger partial charge in [-0.3, -0.25) is 14.8 Å². The molecule has 0 atom stereocenters. The fourth-order valence-corrected chi connectivity index (χ4v) is 0.609. The van der Waals surface area contributed by atoms with Crippen LogP contribution in [0.4, 0.5) is 0 Å². The number of unbranched alkanes of at least 4 members (excludes halogenated alkanes) is 1. The molecule has 0 unspecified atom stereocenters. The zero-order chi connectivity index (χ0) is 10.1. The van der Waals surface area contributed by atoms with Crippen LogP contribution in [-0.4, -0.2) is 36.0 Å². The molecule has 0 saturated heterocycles. The van der Waals surface area contributed by atoms with Gasteiger partial charge in [-0.15, -0.1) is 0 Å². The number of hydrogen-bond donors (Lipinski definition) is 1. The second kappa shape index (κ2) is 7.51. The highest BCUT2D eigenvalue weighted by Crippen LogP contribution is 1.92. The SMILES string of the molecule is CC(=O)OCCCCON(O)C=O. The summed E-state index contributed by atoms with van der Waals surface area (Å²) in [6.45, 7) is 1.86. The second-order valence-electron chi connectivity index (χ2n) is 2.29. The van der Waals surface area contributed by atoms with E-state index in [-0.39, 0.29) is 24.2 Å². The van der Waals surface area contributed by atoms with E-state index in [2.05, 4.69) is 9.57 Å². The predicted octanol–water partition coefficient (Wildman–Crippen LogP) is 0.109. The normalized spacial score (nSPS) is 9.38. The van der Waals surface area contributed by atoms with Gasteiger partial charge in [-0.2, -0.15) is 0 Å². The van der Waals surface area contributed by atoms with Crippen molar-refractivity contribution in [2.75, 3.05) is 13.2 Å². The Morgan fingerprint density at radius 1 is 1.46 bits per heavy atom. The highest BCUT2D eigenvalue weighted by molar-refractivity contribution is 5.65. The molecule has 13 heavy (non-hydrogen) atoms. The molecule has 0 radical (unpaired) electrons. The number of nitrogens with zero attached hydrogens (tertiary/aromatic N) is 1. The zero-order valence-corrected chi connectivity index (χ0v) is 7.43. The fraction of sp³-hybridized carbons (Fsp3) is 0.714. The Labute approximate surface area is 75.9 Å². The van der Waals surface area contributed by atoms with E-state index >= 15 is 0 Å². The molecule has 0 heterocycles. The largest absolute Gasteiger partial charge is 0.466 e. The molecule has 0 aromatic carbocycles. The van der Waals surface area contributed by atoms with Crippen LogP contribution in [0, 0.1) is 0 Å². The van der Waals surface area contributed by atoms with Crippen molar-refractivity contribution in [3.8, 4) is 0 Å². The summed E-state index contributed by atoms with van der Waals surface area (Å²) in [6, 6.07) is 0. The number of rotatable bonds is 7. The molecular formula is C7H13NO5. The first-order chi connectivity index (χ1) is 6.16. The Hall–Kier alpha value is -1.14. The molecule has 6 nitrogen and oxygen atoms in total. The van der Waals surface area contributed by atoms with Crippen molar-refractivity contribution in [3.63, 3.8) is 0 Å². The number of amides is 1.